The first-order chi connectivity index (χ1) is 17.4. The Bertz CT molecular complexity index is 1250. The number of ether oxygens (including phenoxy) is 2. The molecule has 3 aromatic rings. The summed E-state index contributed by atoms with van der Waals surface area (Å²) < 4.78 is 97.8. The van der Waals surface area contributed by atoms with E-state index in [1.807, 2.05) is 26.0 Å². The first kappa shape index (κ1) is 26.4. The summed E-state index contributed by atoms with van der Waals surface area (Å²) in [6, 6.07) is 14.5. The molecule has 8 heteroatoms. The molecule has 0 radical (unpaired) electrons. The molecule has 2 nitrogen and oxygen atoms in total. The highest BCUT2D eigenvalue weighted by Gasteiger charge is 2.72. The molecule has 0 bridgehead atoms. The highest BCUT2D eigenvalue weighted by molar-refractivity contribution is 5.48. The molecule has 0 saturated carbocycles. The number of benzene rings is 3. The highest BCUT2D eigenvalue weighted by Crippen LogP contribution is 2.56. The van der Waals surface area contributed by atoms with E-state index < -0.39 is 28.9 Å². The smallest absolute Gasteiger partial charge is 0.411 e. The number of aryl methyl sites for hydroxylation is 1. The van der Waals surface area contributed by atoms with Gasteiger partial charge in [-0.15, -0.1) is 0 Å². The minimum atomic E-state index is -5.68. The van der Waals surface area contributed by atoms with Gasteiger partial charge in [0.2, 0.25) is 5.41 Å². The molecule has 1 atom stereocenters. The van der Waals surface area contributed by atoms with Gasteiger partial charge in [-0.3, -0.25) is 0 Å². The molecule has 194 valence electrons. The van der Waals surface area contributed by atoms with Gasteiger partial charge in [0.25, 0.3) is 0 Å². The van der Waals surface area contributed by atoms with E-state index in [1.54, 1.807) is 30.3 Å². The SMILES string of the molecule is Cc1ccc(Oc2ccc(C(c3ccc(OC4=CCC(C)C=C4)cc3)(C(F)(F)F)C(F)(F)F)cc2)cc1. The second kappa shape index (κ2) is 10.00. The zero-order chi connectivity index (χ0) is 26.8. The van der Waals surface area contributed by atoms with Gasteiger partial charge in [-0.25, -0.2) is 0 Å². The zero-order valence-electron chi connectivity index (χ0n) is 20.0. The van der Waals surface area contributed by atoms with Crippen LogP contribution in [0.1, 0.15) is 30.0 Å². The molecule has 0 spiro atoms. The van der Waals surface area contributed by atoms with E-state index in [4.69, 9.17) is 9.47 Å². The molecule has 37 heavy (non-hydrogen) atoms. The highest BCUT2D eigenvalue weighted by atomic mass is 19.4. The summed E-state index contributed by atoms with van der Waals surface area (Å²) in [6.45, 7) is 3.88. The molecule has 0 amide bonds. The van der Waals surface area contributed by atoms with Crippen LogP contribution in [0.25, 0.3) is 0 Å². The van der Waals surface area contributed by atoms with Crippen molar-refractivity contribution < 1.29 is 35.8 Å². The van der Waals surface area contributed by atoms with Crippen LogP contribution in [-0.4, -0.2) is 12.4 Å². The van der Waals surface area contributed by atoms with Crippen LogP contribution in [0.3, 0.4) is 0 Å². The topological polar surface area (TPSA) is 18.5 Å². The van der Waals surface area contributed by atoms with Crippen molar-refractivity contribution in [1.29, 1.82) is 0 Å². The van der Waals surface area contributed by atoms with Crippen molar-refractivity contribution in [3.8, 4) is 17.2 Å². The maximum Gasteiger partial charge on any atom is 0.411 e. The Morgan fingerprint density at radius 2 is 1.08 bits per heavy atom. The summed E-state index contributed by atoms with van der Waals surface area (Å²) in [6.07, 6.45) is -5.20. The Kier molecular flexibility index (Phi) is 7.13. The van der Waals surface area contributed by atoms with E-state index in [0.717, 1.165) is 60.5 Å². The molecule has 0 aliphatic heterocycles. The van der Waals surface area contributed by atoms with Gasteiger partial charge in [0.1, 0.15) is 23.0 Å². The van der Waals surface area contributed by atoms with E-state index in [-0.39, 0.29) is 11.5 Å². The lowest BCUT2D eigenvalue weighted by Crippen LogP contribution is -2.54. The Balaban J connectivity index is 1.69. The van der Waals surface area contributed by atoms with Crippen LogP contribution in [0, 0.1) is 12.8 Å². The Morgan fingerprint density at radius 3 is 1.49 bits per heavy atom. The average molecular weight is 518 g/mol. The van der Waals surface area contributed by atoms with Gasteiger partial charge in [0.15, 0.2) is 0 Å². The van der Waals surface area contributed by atoms with E-state index in [1.165, 1.54) is 0 Å². The van der Waals surface area contributed by atoms with Crippen molar-refractivity contribution >= 4 is 0 Å². The fourth-order valence-electron chi connectivity index (χ4n) is 4.19. The third kappa shape index (κ3) is 5.38. The quantitative estimate of drug-likeness (QED) is 0.303. The van der Waals surface area contributed by atoms with Crippen LogP contribution in [0.5, 0.6) is 17.2 Å². The van der Waals surface area contributed by atoms with Gasteiger partial charge in [0.05, 0.1) is 0 Å². The van der Waals surface area contributed by atoms with Crippen LogP contribution >= 0.6 is 0 Å². The Hall–Kier alpha value is -3.68. The number of allylic oxidation sites excluding steroid dienone is 3. The maximum atomic E-state index is 14.4. The largest absolute Gasteiger partial charge is 0.458 e. The zero-order valence-corrected chi connectivity index (χ0v) is 20.0. The normalized spacial score (nSPS) is 16.3. The number of hydrogen-bond donors (Lipinski definition) is 0. The van der Waals surface area contributed by atoms with Crippen LogP contribution < -0.4 is 9.47 Å². The predicted molar refractivity (Wildman–Crippen MR) is 129 cm³/mol. The lowest BCUT2D eigenvalue weighted by molar-refractivity contribution is -0.288. The van der Waals surface area contributed by atoms with Crippen LogP contribution in [0.2, 0.25) is 0 Å². The summed E-state index contributed by atoms with van der Waals surface area (Å²) >= 11 is 0. The number of hydrogen-bond acceptors (Lipinski definition) is 2. The van der Waals surface area contributed by atoms with Gasteiger partial charge in [-0.05, 0) is 78.9 Å². The number of rotatable bonds is 6. The summed E-state index contributed by atoms with van der Waals surface area (Å²) in [5, 5.41) is 0. The molecule has 4 rings (SSSR count). The summed E-state index contributed by atoms with van der Waals surface area (Å²) in [7, 11) is 0. The van der Waals surface area contributed by atoms with Crippen LogP contribution in [-0.2, 0) is 5.41 Å². The molecular formula is C29H24F6O2. The molecule has 0 heterocycles. The molecule has 1 unspecified atom stereocenters. The van der Waals surface area contributed by atoms with E-state index in [2.05, 4.69) is 0 Å². The molecule has 0 saturated heterocycles. The second-order valence-electron chi connectivity index (χ2n) is 8.99. The summed E-state index contributed by atoms with van der Waals surface area (Å²) in [5.41, 5.74) is -5.21. The monoisotopic (exact) mass is 518 g/mol. The van der Waals surface area contributed by atoms with E-state index in [9.17, 15) is 26.3 Å². The molecule has 1 aliphatic carbocycles. The maximum absolute atomic E-state index is 14.4. The summed E-state index contributed by atoms with van der Waals surface area (Å²) in [5.74, 6) is 1.45. The average Bonchev–Trinajstić information content (AvgIpc) is 2.83. The number of halogens is 6. The van der Waals surface area contributed by atoms with Gasteiger partial charge < -0.3 is 9.47 Å². The van der Waals surface area contributed by atoms with E-state index >= 15 is 0 Å². The molecule has 3 aromatic carbocycles. The van der Waals surface area contributed by atoms with Crippen molar-refractivity contribution in [1.82, 2.24) is 0 Å². The molecule has 0 aromatic heterocycles. The molecule has 0 fully saturated rings. The second-order valence-corrected chi connectivity index (χ2v) is 8.99. The van der Waals surface area contributed by atoms with Crippen molar-refractivity contribution in [2.45, 2.75) is 38.0 Å². The number of alkyl halides is 6. The van der Waals surface area contributed by atoms with Crippen molar-refractivity contribution in [3.63, 3.8) is 0 Å². The Morgan fingerprint density at radius 1 is 0.649 bits per heavy atom. The minimum Gasteiger partial charge on any atom is -0.458 e. The fraction of sp³-hybridized carbons (Fsp3) is 0.241. The third-order valence-electron chi connectivity index (χ3n) is 6.20. The first-order valence-corrected chi connectivity index (χ1v) is 11.6. The third-order valence-corrected chi connectivity index (χ3v) is 6.20. The van der Waals surface area contributed by atoms with E-state index in [0.29, 0.717) is 17.4 Å². The predicted octanol–water partition coefficient (Wildman–Crippen LogP) is 9.06. The molecular weight excluding hydrogens is 494 g/mol. The lowest BCUT2D eigenvalue weighted by atomic mass is 9.73. The fourth-order valence-corrected chi connectivity index (χ4v) is 4.19. The molecule has 1 aliphatic rings. The minimum absolute atomic E-state index is 0.109. The summed E-state index contributed by atoms with van der Waals surface area (Å²) in [4.78, 5) is 0. The Labute approximate surface area is 210 Å². The van der Waals surface area contributed by atoms with Crippen LogP contribution in [0.4, 0.5) is 26.3 Å². The van der Waals surface area contributed by atoms with Gasteiger partial charge >= 0.3 is 12.4 Å². The van der Waals surface area contributed by atoms with Gasteiger partial charge in [0, 0.05) is 0 Å². The van der Waals surface area contributed by atoms with Gasteiger partial charge in [-0.2, -0.15) is 26.3 Å². The lowest BCUT2D eigenvalue weighted by Gasteiger charge is -2.38. The standard InChI is InChI=1S/C29H24F6O2/c1-19-3-11-23(12-4-19)36-25-15-7-21(8-16-25)27(28(30,31)32,29(33,34)35)22-9-17-26(18-10-22)37-24-13-5-20(2)6-14-24/h3-5,7-18,20H,6H2,1-2H3. The van der Waals surface area contributed by atoms with Gasteiger partial charge in [-0.1, -0.05) is 55.0 Å². The van der Waals surface area contributed by atoms with Crippen molar-refractivity contribution in [3.05, 3.63) is 113 Å². The van der Waals surface area contributed by atoms with Crippen molar-refractivity contribution in [2.75, 3.05) is 0 Å². The van der Waals surface area contributed by atoms with Crippen LogP contribution in [0.15, 0.2) is 96.8 Å². The first-order valence-electron chi connectivity index (χ1n) is 11.6. The molecule has 0 N–H and O–H groups in total. The van der Waals surface area contributed by atoms with Crippen molar-refractivity contribution in [2.24, 2.45) is 5.92 Å².